The summed E-state index contributed by atoms with van der Waals surface area (Å²) in [7, 11) is 0. The van der Waals surface area contributed by atoms with Gasteiger partial charge in [-0.05, 0) is 0 Å². The van der Waals surface area contributed by atoms with Gasteiger partial charge in [-0.3, -0.25) is 4.90 Å². The first-order valence-corrected chi connectivity index (χ1v) is 6.17. The molecule has 2 rings (SSSR count). The first kappa shape index (κ1) is 10.1. The summed E-state index contributed by atoms with van der Waals surface area (Å²) < 4.78 is 0. The topological polar surface area (TPSA) is 77.8 Å². The van der Waals surface area contributed by atoms with Gasteiger partial charge in [0, 0.05) is 11.5 Å². The zero-order valence-electron chi connectivity index (χ0n) is 7.12. The van der Waals surface area contributed by atoms with Crippen molar-refractivity contribution in [1.29, 1.82) is 0 Å². The monoisotopic (exact) mass is 235 g/mol. The minimum absolute atomic E-state index is 0.0576. The minimum Gasteiger partial charge on any atom is -0.480 e. The molecule has 0 radical (unpaired) electrons. The number of hydrogen-bond donors (Lipinski definition) is 2. The maximum atomic E-state index is 10.8. The van der Waals surface area contributed by atoms with Crippen molar-refractivity contribution in [3.05, 3.63) is 0 Å². The van der Waals surface area contributed by atoms with Crippen molar-refractivity contribution in [3.63, 3.8) is 0 Å². The molecule has 0 aliphatic carbocycles. The van der Waals surface area contributed by atoms with Crippen LogP contribution in [0.15, 0.2) is 0 Å². The highest BCUT2D eigenvalue weighted by atomic mass is 32.2. The van der Waals surface area contributed by atoms with Crippen LogP contribution in [0.1, 0.15) is 0 Å². The number of nitrogens with zero attached hydrogens (tertiary/aromatic N) is 1. The third-order valence-electron chi connectivity index (χ3n) is 2.29. The van der Waals surface area contributed by atoms with Gasteiger partial charge in [-0.2, -0.15) is 0 Å². The van der Waals surface area contributed by atoms with Crippen LogP contribution in [0.2, 0.25) is 0 Å². The van der Waals surface area contributed by atoms with E-state index < -0.39 is 18.0 Å². The van der Waals surface area contributed by atoms with Crippen LogP contribution in [0.25, 0.3) is 0 Å². The van der Waals surface area contributed by atoms with E-state index in [0.29, 0.717) is 0 Å². The second-order valence-corrected chi connectivity index (χ2v) is 5.52. The van der Waals surface area contributed by atoms with Gasteiger partial charge in [-0.15, -0.1) is 23.5 Å². The van der Waals surface area contributed by atoms with Crippen LogP contribution in [0.4, 0.5) is 0 Å². The van der Waals surface area contributed by atoms with E-state index in [1.807, 2.05) is 0 Å². The molecule has 14 heavy (non-hydrogen) atoms. The summed E-state index contributed by atoms with van der Waals surface area (Å²) in [5.74, 6) is -0.881. The van der Waals surface area contributed by atoms with Crippen LogP contribution in [-0.2, 0) is 9.59 Å². The summed E-state index contributed by atoms with van der Waals surface area (Å²) in [5.41, 5.74) is 0. The maximum absolute atomic E-state index is 10.8. The van der Waals surface area contributed by atoms with Gasteiger partial charge in [0.25, 0.3) is 0 Å². The predicted molar refractivity (Wildman–Crippen MR) is 53.4 cm³/mol. The van der Waals surface area contributed by atoms with Crippen LogP contribution >= 0.6 is 23.5 Å². The van der Waals surface area contributed by atoms with E-state index >= 15 is 0 Å². The Morgan fingerprint density at radius 1 is 1.14 bits per heavy atom. The molecule has 2 heterocycles. The average molecular weight is 235 g/mol. The number of aliphatic carboxylic acids is 2. The van der Waals surface area contributed by atoms with Crippen LogP contribution in [0.3, 0.4) is 0 Å². The van der Waals surface area contributed by atoms with E-state index in [4.69, 9.17) is 10.2 Å². The van der Waals surface area contributed by atoms with Crippen molar-refractivity contribution in [1.82, 2.24) is 4.90 Å². The van der Waals surface area contributed by atoms with Crippen LogP contribution in [0.5, 0.6) is 0 Å². The van der Waals surface area contributed by atoms with Crippen molar-refractivity contribution in [2.24, 2.45) is 0 Å². The number of carboxylic acids is 2. The second-order valence-electron chi connectivity index (χ2n) is 3.10. The molecule has 2 unspecified atom stereocenters. The molecule has 0 amide bonds. The van der Waals surface area contributed by atoms with Crippen molar-refractivity contribution in [2.75, 3.05) is 11.5 Å². The van der Waals surface area contributed by atoms with Crippen molar-refractivity contribution >= 4 is 35.5 Å². The van der Waals surface area contributed by atoms with Crippen molar-refractivity contribution in [3.8, 4) is 0 Å². The molecular formula is C7H9NO4S2. The van der Waals surface area contributed by atoms with E-state index in [2.05, 4.69) is 0 Å². The molecule has 7 heteroatoms. The Balaban J connectivity index is 2.20. The fraction of sp³-hybridized carbons (Fsp3) is 0.714. The van der Waals surface area contributed by atoms with Crippen molar-refractivity contribution in [2.45, 2.75) is 16.8 Å². The number of hydrogen-bond acceptors (Lipinski definition) is 5. The standard InChI is InChI=1S/C7H9NO4S2/c9-6(10)5(7(11)12)8-3-1-13-4(8)2-14-3/h3-5H,1-2H2,(H,9,10)(H,11,12). The predicted octanol–water partition coefficient (Wildman–Crippen LogP) is -0.0280. The highest BCUT2D eigenvalue weighted by Gasteiger charge is 2.49. The summed E-state index contributed by atoms with van der Waals surface area (Å²) in [6.45, 7) is 0. The summed E-state index contributed by atoms with van der Waals surface area (Å²) >= 11 is 3.28. The van der Waals surface area contributed by atoms with Gasteiger partial charge in [0.05, 0.1) is 10.7 Å². The molecular weight excluding hydrogens is 226 g/mol. The SMILES string of the molecule is O=C(O)C(C(=O)O)N1C2CSC1CS2. The van der Waals surface area contributed by atoms with Crippen molar-refractivity contribution < 1.29 is 19.8 Å². The minimum atomic E-state index is -1.38. The molecule has 0 aromatic carbocycles. The van der Waals surface area contributed by atoms with Gasteiger partial charge in [0.1, 0.15) is 0 Å². The molecule has 5 nitrogen and oxygen atoms in total. The lowest BCUT2D eigenvalue weighted by molar-refractivity contribution is -0.156. The molecule has 2 N–H and O–H groups in total. The third kappa shape index (κ3) is 1.49. The summed E-state index contributed by atoms with van der Waals surface area (Å²) in [6, 6.07) is -1.38. The second kappa shape index (κ2) is 3.63. The lowest BCUT2D eigenvalue weighted by Crippen LogP contribution is -2.49. The van der Waals surface area contributed by atoms with Gasteiger partial charge in [0.15, 0.2) is 0 Å². The molecule has 0 saturated carbocycles. The smallest absolute Gasteiger partial charge is 0.332 e. The van der Waals surface area contributed by atoms with E-state index in [0.717, 1.165) is 11.5 Å². The first-order valence-electron chi connectivity index (χ1n) is 4.07. The van der Waals surface area contributed by atoms with Gasteiger partial charge >= 0.3 is 11.9 Å². The zero-order valence-corrected chi connectivity index (χ0v) is 8.75. The molecule has 2 aliphatic heterocycles. The van der Waals surface area contributed by atoms with E-state index in [-0.39, 0.29) is 10.7 Å². The first-order chi connectivity index (χ1) is 6.61. The summed E-state index contributed by atoms with van der Waals surface area (Å²) in [6.07, 6.45) is 0. The Bertz CT molecular complexity index is 251. The lowest BCUT2D eigenvalue weighted by Gasteiger charge is -2.23. The van der Waals surface area contributed by atoms with E-state index in [1.165, 1.54) is 0 Å². The fourth-order valence-corrected chi connectivity index (χ4v) is 5.02. The Morgan fingerprint density at radius 3 is 1.86 bits per heavy atom. The molecule has 0 aromatic rings. The molecule has 78 valence electrons. The quantitative estimate of drug-likeness (QED) is 0.665. The molecule has 0 spiro atoms. The normalized spacial score (nSPS) is 31.2. The summed E-state index contributed by atoms with van der Waals surface area (Å²) in [5, 5.41) is 17.8. The fourth-order valence-electron chi connectivity index (χ4n) is 1.71. The highest BCUT2D eigenvalue weighted by Crippen LogP contribution is 2.44. The number of carbonyl (C=O) groups is 2. The third-order valence-corrected chi connectivity index (χ3v) is 5.32. The van der Waals surface area contributed by atoms with Gasteiger partial charge in [-0.1, -0.05) is 0 Å². The van der Waals surface area contributed by atoms with Gasteiger partial charge in [0.2, 0.25) is 6.04 Å². The molecule has 2 aliphatic rings. The zero-order chi connectivity index (χ0) is 10.3. The average Bonchev–Trinajstić information content (AvgIpc) is 2.64. The number of fused-ring (bicyclic) bond motifs is 2. The number of carboxylic acid groups (broad SMARTS) is 2. The number of rotatable bonds is 3. The van der Waals surface area contributed by atoms with Crippen LogP contribution in [0, 0.1) is 0 Å². The van der Waals surface area contributed by atoms with Crippen LogP contribution < -0.4 is 0 Å². The van der Waals surface area contributed by atoms with Crippen LogP contribution in [-0.4, -0.2) is 55.3 Å². The molecule has 2 atom stereocenters. The molecule has 0 aromatic heterocycles. The largest absolute Gasteiger partial charge is 0.480 e. The van der Waals surface area contributed by atoms with Gasteiger partial charge in [-0.25, -0.2) is 9.59 Å². The Labute approximate surface area is 88.8 Å². The van der Waals surface area contributed by atoms with E-state index in [1.54, 1.807) is 28.4 Å². The Morgan fingerprint density at radius 2 is 1.57 bits per heavy atom. The van der Waals surface area contributed by atoms with E-state index in [9.17, 15) is 9.59 Å². The molecule has 2 saturated heterocycles. The lowest BCUT2D eigenvalue weighted by atomic mass is 10.2. The Hall–Kier alpha value is -0.400. The highest BCUT2D eigenvalue weighted by molar-refractivity contribution is 8.07. The Kier molecular flexibility index (Phi) is 2.63. The number of thioether (sulfide) groups is 2. The molecule has 2 fully saturated rings. The summed E-state index contributed by atoms with van der Waals surface area (Å²) in [4.78, 5) is 23.2. The van der Waals surface area contributed by atoms with Gasteiger partial charge < -0.3 is 10.2 Å². The molecule has 2 bridgehead atoms. The maximum Gasteiger partial charge on any atom is 0.332 e.